The molecule has 0 fully saturated rings. The molecule has 0 aliphatic heterocycles. The fourth-order valence-electron chi connectivity index (χ4n) is 2.92. The second-order valence-electron chi connectivity index (χ2n) is 6.67. The van der Waals surface area contributed by atoms with E-state index in [0.29, 0.717) is 0 Å². The number of rotatable bonds is 14. The summed E-state index contributed by atoms with van der Waals surface area (Å²) in [6.45, 7) is 2.26. The van der Waals surface area contributed by atoms with Gasteiger partial charge >= 0.3 is 0 Å². The molecule has 2 N–H and O–H groups in total. The third-order valence-electron chi connectivity index (χ3n) is 4.63. The molecule has 0 amide bonds. The van der Waals surface area contributed by atoms with Gasteiger partial charge in [0.25, 0.3) is 0 Å². The van der Waals surface area contributed by atoms with Crippen LogP contribution >= 0.6 is 25.3 Å². The lowest BCUT2D eigenvalue weighted by molar-refractivity contribution is 0.197. The summed E-state index contributed by atoms with van der Waals surface area (Å²) in [6, 6.07) is 0. The highest BCUT2D eigenvalue weighted by Crippen LogP contribution is 2.16. The third kappa shape index (κ3) is 11.2. The Kier molecular flexibility index (Phi) is 14.7. The maximum Gasteiger partial charge on any atom is 0.154 e. The van der Waals surface area contributed by atoms with E-state index in [1.54, 1.807) is 9.80 Å². The van der Waals surface area contributed by atoms with E-state index >= 15 is 0 Å². The van der Waals surface area contributed by atoms with E-state index in [1.165, 1.54) is 64.2 Å². The van der Waals surface area contributed by atoms with Crippen molar-refractivity contribution >= 4 is 35.6 Å². The molecule has 0 aliphatic carbocycles. The molecule has 142 valence electrons. The molecule has 0 spiro atoms. The van der Waals surface area contributed by atoms with Crippen LogP contribution in [0.2, 0.25) is 0 Å². The summed E-state index contributed by atoms with van der Waals surface area (Å²) in [5, 5.41) is 15.8. The first-order valence-corrected chi connectivity index (χ1v) is 10.3. The van der Waals surface area contributed by atoms with Gasteiger partial charge in [-0.1, -0.05) is 71.1 Å². The SMILES string of the molecule is CCCCCCCCCCCCCC(N(C)C(=N)S)N(C)C(=N)S. The molecule has 0 aromatic heterocycles. The van der Waals surface area contributed by atoms with Crippen molar-refractivity contribution in [3.63, 3.8) is 0 Å². The summed E-state index contributed by atoms with van der Waals surface area (Å²) in [5.41, 5.74) is 0. The normalized spacial score (nSPS) is 12.0. The van der Waals surface area contributed by atoms with Crippen LogP contribution < -0.4 is 0 Å². The summed E-state index contributed by atoms with van der Waals surface area (Å²) < 4.78 is 0. The molecule has 0 aromatic carbocycles. The van der Waals surface area contributed by atoms with E-state index < -0.39 is 0 Å². The van der Waals surface area contributed by atoms with E-state index in [2.05, 4.69) is 32.2 Å². The molecule has 0 radical (unpaired) electrons. The largest absolute Gasteiger partial charge is 0.334 e. The molecule has 0 heterocycles. The minimum Gasteiger partial charge on any atom is -0.334 e. The summed E-state index contributed by atoms with van der Waals surface area (Å²) in [5.74, 6) is 0. The maximum absolute atomic E-state index is 7.69. The van der Waals surface area contributed by atoms with Crippen molar-refractivity contribution in [2.45, 2.75) is 90.1 Å². The number of nitrogens with one attached hydrogen (secondary N) is 2. The number of hydrogen-bond acceptors (Lipinski definition) is 2. The lowest BCUT2D eigenvalue weighted by Gasteiger charge is -2.36. The molecule has 0 unspecified atom stereocenters. The van der Waals surface area contributed by atoms with Crippen molar-refractivity contribution in [1.29, 1.82) is 10.8 Å². The van der Waals surface area contributed by atoms with Crippen LogP contribution in [0.15, 0.2) is 0 Å². The molecule has 0 atom stereocenters. The Labute approximate surface area is 160 Å². The highest BCUT2D eigenvalue weighted by molar-refractivity contribution is 7.96. The van der Waals surface area contributed by atoms with Crippen molar-refractivity contribution < 1.29 is 0 Å². The van der Waals surface area contributed by atoms with Crippen LogP contribution in [0.25, 0.3) is 0 Å². The molecule has 0 saturated heterocycles. The lowest BCUT2D eigenvalue weighted by atomic mass is 10.0. The molecule has 24 heavy (non-hydrogen) atoms. The topological polar surface area (TPSA) is 54.2 Å². The van der Waals surface area contributed by atoms with Crippen molar-refractivity contribution in [3.05, 3.63) is 0 Å². The van der Waals surface area contributed by atoms with Crippen molar-refractivity contribution in [3.8, 4) is 0 Å². The zero-order valence-corrected chi connectivity index (χ0v) is 17.6. The first-order chi connectivity index (χ1) is 11.4. The Bertz CT molecular complexity index is 330. The van der Waals surface area contributed by atoms with Crippen LogP contribution in [-0.2, 0) is 0 Å². The molecule has 4 nitrogen and oxygen atoms in total. The number of nitrogens with zero attached hydrogens (tertiary/aromatic N) is 2. The molecular formula is C18H38N4S2. The van der Waals surface area contributed by atoms with E-state index in [1.807, 2.05) is 14.1 Å². The highest BCUT2D eigenvalue weighted by atomic mass is 32.1. The van der Waals surface area contributed by atoms with Crippen LogP contribution in [0.4, 0.5) is 0 Å². The predicted molar refractivity (Wildman–Crippen MR) is 114 cm³/mol. The third-order valence-corrected chi connectivity index (χ3v) is 5.26. The monoisotopic (exact) mass is 374 g/mol. The fraction of sp³-hybridized carbons (Fsp3) is 0.889. The van der Waals surface area contributed by atoms with E-state index in [4.69, 9.17) is 10.8 Å². The fourth-order valence-corrected chi connectivity index (χ4v) is 3.19. The average molecular weight is 375 g/mol. The van der Waals surface area contributed by atoms with Crippen LogP contribution in [0, 0.1) is 10.8 Å². The van der Waals surface area contributed by atoms with Gasteiger partial charge in [-0.15, -0.1) is 25.3 Å². The van der Waals surface area contributed by atoms with E-state index in [0.717, 1.165) is 12.8 Å². The smallest absolute Gasteiger partial charge is 0.154 e. The number of hydrogen-bond donors (Lipinski definition) is 4. The molecule has 6 heteroatoms. The minimum absolute atomic E-state index is 0.0152. The van der Waals surface area contributed by atoms with Crippen molar-refractivity contribution in [2.75, 3.05) is 14.1 Å². The van der Waals surface area contributed by atoms with Gasteiger partial charge in [0.15, 0.2) is 10.3 Å². The van der Waals surface area contributed by atoms with Crippen LogP contribution in [0.1, 0.15) is 84.0 Å². The average Bonchev–Trinajstić information content (AvgIpc) is 2.54. The summed E-state index contributed by atoms with van der Waals surface area (Å²) in [4.78, 5) is 3.59. The quantitative estimate of drug-likeness (QED) is 0.105. The van der Waals surface area contributed by atoms with E-state index in [-0.39, 0.29) is 16.5 Å². The Morgan fingerprint density at radius 1 is 0.708 bits per heavy atom. The number of amidine groups is 2. The molecule has 0 aromatic rings. The minimum atomic E-state index is -0.0152. The van der Waals surface area contributed by atoms with Crippen LogP contribution in [-0.4, -0.2) is 40.4 Å². The van der Waals surface area contributed by atoms with Crippen molar-refractivity contribution in [1.82, 2.24) is 9.80 Å². The molecule has 0 bridgehead atoms. The molecule has 0 saturated carbocycles. The zero-order chi connectivity index (χ0) is 18.4. The Morgan fingerprint density at radius 2 is 1.04 bits per heavy atom. The van der Waals surface area contributed by atoms with Gasteiger partial charge in [0.1, 0.15) is 6.17 Å². The summed E-state index contributed by atoms with van der Waals surface area (Å²) >= 11 is 8.23. The summed E-state index contributed by atoms with van der Waals surface area (Å²) in [7, 11) is 3.71. The molecule has 0 rings (SSSR count). The Morgan fingerprint density at radius 3 is 1.38 bits per heavy atom. The van der Waals surface area contributed by atoms with Gasteiger partial charge in [-0.3, -0.25) is 10.8 Å². The summed E-state index contributed by atoms with van der Waals surface area (Å²) in [6.07, 6.45) is 15.5. The van der Waals surface area contributed by atoms with Gasteiger partial charge in [0, 0.05) is 14.1 Å². The lowest BCUT2D eigenvalue weighted by Crippen LogP contribution is -2.47. The maximum atomic E-state index is 7.69. The molecule has 0 aliphatic rings. The van der Waals surface area contributed by atoms with Gasteiger partial charge in [-0.2, -0.15) is 0 Å². The van der Waals surface area contributed by atoms with Gasteiger partial charge < -0.3 is 9.80 Å². The Balaban J connectivity index is 3.81. The predicted octanol–water partition coefficient (Wildman–Crippen LogP) is 5.61. The van der Waals surface area contributed by atoms with Gasteiger partial charge in [-0.25, -0.2) is 0 Å². The molecular weight excluding hydrogens is 336 g/mol. The van der Waals surface area contributed by atoms with Gasteiger partial charge in [-0.05, 0) is 12.8 Å². The van der Waals surface area contributed by atoms with Crippen LogP contribution in [0.5, 0.6) is 0 Å². The Hall–Kier alpha value is -0.360. The van der Waals surface area contributed by atoms with Crippen molar-refractivity contribution in [2.24, 2.45) is 0 Å². The van der Waals surface area contributed by atoms with E-state index in [9.17, 15) is 0 Å². The first-order valence-electron chi connectivity index (χ1n) is 9.42. The second kappa shape index (κ2) is 14.9. The second-order valence-corrected chi connectivity index (χ2v) is 7.52. The zero-order valence-electron chi connectivity index (χ0n) is 15.9. The van der Waals surface area contributed by atoms with Gasteiger partial charge in [0.2, 0.25) is 0 Å². The first kappa shape index (κ1) is 23.6. The highest BCUT2D eigenvalue weighted by Gasteiger charge is 2.21. The standard InChI is InChI=1S/C18H38N4S2/c1-4-5-6-7-8-9-10-11-12-13-14-15-16(21(2)17(19)23)22(3)18(20)24/h16H,4-15H2,1-3H3,(H2,19,23)(H2,20,24). The number of thiol groups is 2. The van der Waals surface area contributed by atoms with Gasteiger partial charge in [0.05, 0.1) is 0 Å². The van der Waals surface area contributed by atoms with Crippen LogP contribution in [0.3, 0.4) is 0 Å². The number of unbranched alkanes of at least 4 members (excludes halogenated alkanes) is 10.